The minimum atomic E-state index is -4.59. The number of likely N-dealkylation sites (tertiary alicyclic amines) is 1. The molecule has 0 bridgehead atoms. The van der Waals surface area contributed by atoms with Gasteiger partial charge < -0.3 is 4.74 Å². The number of hydrogen-bond donors (Lipinski definition) is 0. The van der Waals surface area contributed by atoms with Gasteiger partial charge in [-0.25, -0.2) is 9.86 Å². The molecule has 0 aromatic carbocycles. The van der Waals surface area contributed by atoms with Gasteiger partial charge in [0.1, 0.15) is 6.04 Å². The average Bonchev–Trinajstić information content (AvgIpc) is 2.82. The average molecular weight is 284 g/mol. The number of alkyl halides is 3. The van der Waals surface area contributed by atoms with Crippen LogP contribution >= 0.6 is 0 Å². The number of ether oxygens (including phenoxy) is 1. The first-order chi connectivity index (χ1) is 8.76. The molecule has 1 saturated heterocycles. The number of rotatable bonds is 3. The summed E-state index contributed by atoms with van der Waals surface area (Å²) in [7, 11) is 2.64. The van der Waals surface area contributed by atoms with E-state index in [-0.39, 0.29) is 6.54 Å². The van der Waals surface area contributed by atoms with E-state index in [2.05, 4.69) is 4.74 Å². The largest absolute Gasteiger partial charge is 0.440 e. The van der Waals surface area contributed by atoms with Crippen LogP contribution in [0.25, 0.3) is 0 Å². The highest BCUT2D eigenvalue weighted by molar-refractivity contribution is 5.85. The minimum absolute atomic E-state index is 0.185. The molecule has 1 fully saturated rings. The SMILES string of the molecule is CON(C)C(=O)C1CCCN1C(=O)OCC(F)(F)F. The van der Waals surface area contributed by atoms with E-state index in [4.69, 9.17) is 4.84 Å². The Balaban J connectivity index is 2.61. The van der Waals surface area contributed by atoms with Gasteiger partial charge in [0.25, 0.3) is 5.91 Å². The fourth-order valence-electron chi connectivity index (χ4n) is 1.77. The molecule has 1 heterocycles. The van der Waals surface area contributed by atoms with E-state index in [0.29, 0.717) is 12.8 Å². The quantitative estimate of drug-likeness (QED) is 0.730. The molecule has 0 aliphatic carbocycles. The van der Waals surface area contributed by atoms with Gasteiger partial charge in [0.05, 0.1) is 7.11 Å². The van der Waals surface area contributed by atoms with E-state index in [1.54, 1.807) is 0 Å². The van der Waals surface area contributed by atoms with E-state index < -0.39 is 30.8 Å². The van der Waals surface area contributed by atoms with E-state index in [1.807, 2.05) is 0 Å². The van der Waals surface area contributed by atoms with E-state index >= 15 is 0 Å². The van der Waals surface area contributed by atoms with Crippen molar-refractivity contribution in [3.8, 4) is 0 Å². The van der Waals surface area contributed by atoms with Crippen molar-refractivity contribution in [2.24, 2.45) is 0 Å². The molecule has 0 saturated carbocycles. The van der Waals surface area contributed by atoms with E-state index in [1.165, 1.54) is 14.2 Å². The van der Waals surface area contributed by atoms with Gasteiger partial charge >= 0.3 is 12.3 Å². The molecular formula is C10H15F3N2O4. The van der Waals surface area contributed by atoms with Gasteiger partial charge in [-0.1, -0.05) is 0 Å². The normalized spacial score (nSPS) is 19.4. The summed E-state index contributed by atoms with van der Waals surface area (Å²) in [6.07, 6.45) is -4.83. The summed E-state index contributed by atoms with van der Waals surface area (Å²) in [6, 6.07) is -0.842. The number of likely N-dealkylation sites (N-methyl/N-ethyl adjacent to an activating group) is 1. The van der Waals surface area contributed by atoms with Crippen LogP contribution in [0.2, 0.25) is 0 Å². The lowest BCUT2D eigenvalue weighted by Crippen LogP contribution is -2.46. The minimum Gasteiger partial charge on any atom is -0.440 e. The Hall–Kier alpha value is -1.51. The van der Waals surface area contributed by atoms with Crippen LogP contribution in [0.4, 0.5) is 18.0 Å². The number of hydroxylamine groups is 2. The van der Waals surface area contributed by atoms with Gasteiger partial charge in [-0.15, -0.1) is 0 Å². The van der Waals surface area contributed by atoms with E-state index in [0.717, 1.165) is 9.96 Å². The van der Waals surface area contributed by atoms with Crippen LogP contribution in [-0.2, 0) is 14.4 Å². The Morgan fingerprint density at radius 3 is 2.58 bits per heavy atom. The maximum Gasteiger partial charge on any atom is 0.422 e. The van der Waals surface area contributed by atoms with Crippen LogP contribution in [-0.4, -0.2) is 61.5 Å². The van der Waals surface area contributed by atoms with Crippen molar-refractivity contribution in [2.75, 3.05) is 27.3 Å². The topological polar surface area (TPSA) is 59.1 Å². The molecule has 2 amide bonds. The van der Waals surface area contributed by atoms with Crippen molar-refractivity contribution in [2.45, 2.75) is 25.1 Å². The monoisotopic (exact) mass is 284 g/mol. The van der Waals surface area contributed by atoms with Crippen molar-refractivity contribution in [3.05, 3.63) is 0 Å². The van der Waals surface area contributed by atoms with Gasteiger partial charge in [-0.2, -0.15) is 13.2 Å². The van der Waals surface area contributed by atoms with Gasteiger partial charge in [-0.05, 0) is 12.8 Å². The van der Waals surface area contributed by atoms with Crippen LogP contribution < -0.4 is 0 Å². The second kappa shape index (κ2) is 6.09. The molecule has 1 atom stereocenters. The fraction of sp³-hybridized carbons (Fsp3) is 0.800. The molecule has 0 N–H and O–H groups in total. The third-order valence-electron chi connectivity index (χ3n) is 2.72. The van der Waals surface area contributed by atoms with Gasteiger partial charge in [0, 0.05) is 13.6 Å². The molecule has 19 heavy (non-hydrogen) atoms. The van der Waals surface area contributed by atoms with Gasteiger partial charge in [-0.3, -0.25) is 14.5 Å². The molecule has 0 radical (unpaired) electrons. The third kappa shape index (κ3) is 4.27. The van der Waals surface area contributed by atoms with Crippen LogP contribution in [0.3, 0.4) is 0 Å². The molecule has 0 spiro atoms. The van der Waals surface area contributed by atoms with Crippen LogP contribution in [0, 0.1) is 0 Å². The van der Waals surface area contributed by atoms with E-state index in [9.17, 15) is 22.8 Å². The predicted octanol–water partition coefficient (Wildman–Crippen LogP) is 1.17. The highest BCUT2D eigenvalue weighted by Gasteiger charge is 2.38. The maximum absolute atomic E-state index is 12.0. The molecule has 1 aliphatic heterocycles. The molecular weight excluding hydrogens is 269 g/mol. The van der Waals surface area contributed by atoms with Gasteiger partial charge in [0.15, 0.2) is 6.61 Å². The molecule has 6 nitrogen and oxygen atoms in total. The molecule has 1 unspecified atom stereocenters. The molecule has 1 aliphatic rings. The standard InChI is InChI=1S/C10H15F3N2O4/c1-14(18-2)8(16)7-4-3-5-15(7)9(17)19-6-10(11,12)13/h7H,3-6H2,1-2H3. The molecule has 9 heteroatoms. The van der Waals surface area contributed by atoms with Crippen molar-refractivity contribution < 1.29 is 32.3 Å². The van der Waals surface area contributed by atoms with Crippen molar-refractivity contribution in [1.82, 2.24) is 9.96 Å². The summed E-state index contributed by atoms with van der Waals surface area (Å²) in [5.41, 5.74) is 0. The lowest BCUT2D eigenvalue weighted by atomic mass is 10.2. The van der Waals surface area contributed by atoms with Crippen molar-refractivity contribution in [3.63, 3.8) is 0 Å². The Morgan fingerprint density at radius 1 is 1.42 bits per heavy atom. The smallest absolute Gasteiger partial charge is 0.422 e. The number of hydrogen-bond acceptors (Lipinski definition) is 4. The Bertz CT molecular complexity index is 348. The van der Waals surface area contributed by atoms with Crippen LogP contribution in [0.15, 0.2) is 0 Å². The van der Waals surface area contributed by atoms with Crippen LogP contribution in [0.1, 0.15) is 12.8 Å². The zero-order chi connectivity index (χ0) is 14.6. The highest BCUT2D eigenvalue weighted by atomic mass is 19.4. The first kappa shape index (κ1) is 15.5. The summed E-state index contributed by atoms with van der Waals surface area (Å²) >= 11 is 0. The summed E-state index contributed by atoms with van der Waals surface area (Å²) < 4.78 is 40.0. The number of halogens is 3. The summed E-state index contributed by atoms with van der Waals surface area (Å²) in [5.74, 6) is -0.496. The number of amides is 2. The third-order valence-corrected chi connectivity index (χ3v) is 2.72. The second-order valence-corrected chi connectivity index (χ2v) is 4.04. The number of carbonyl (C=O) groups is 2. The Morgan fingerprint density at radius 2 is 2.05 bits per heavy atom. The van der Waals surface area contributed by atoms with Crippen molar-refractivity contribution >= 4 is 12.0 Å². The zero-order valence-corrected chi connectivity index (χ0v) is 10.6. The summed E-state index contributed by atoms with van der Waals surface area (Å²) in [6.45, 7) is -1.48. The number of nitrogens with zero attached hydrogens (tertiary/aromatic N) is 2. The molecule has 110 valence electrons. The summed E-state index contributed by atoms with van der Waals surface area (Å²) in [5, 5.41) is 0.931. The predicted molar refractivity (Wildman–Crippen MR) is 56.9 cm³/mol. The molecule has 1 rings (SSSR count). The Labute approximate surface area is 108 Å². The first-order valence-electron chi connectivity index (χ1n) is 5.58. The highest BCUT2D eigenvalue weighted by Crippen LogP contribution is 2.21. The van der Waals surface area contributed by atoms with Crippen LogP contribution in [0.5, 0.6) is 0 Å². The molecule has 0 aromatic heterocycles. The molecule has 0 aromatic rings. The lowest BCUT2D eigenvalue weighted by molar-refractivity contribution is -0.174. The maximum atomic E-state index is 12.0. The van der Waals surface area contributed by atoms with Crippen molar-refractivity contribution in [1.29, 1.82) is 0 Å². The lowest BCUT2D eigenvalue weighted by Gasteiger charge is -2.26. The first-order valence-corrected chi connectivity index (χ1v) is 5.58. The van der Waals surface area contributed by atoms with Gasteiger partial charge in [0.2, 0.25) is 0 Å². The summed E-state index contributed by atoms with van der Waals surface area (Å²) in [4.78, 5) is 29.0. The number of carbonyl (C=O) groups excluding carboxylic acids is 2. The Kier molecular flexibility index (Phi) is 4.98. The second-order valence-electron chi connectivity index (χ2n) is 4.04. The zero-order valence-electron chi connectivity index (χ0n) is 10.6. The fourth-order valence-corrected chi connectivity index (χ4v) is 1.77.